The molecule has 1 rings (SSSR count). The summed E-state index contributed by atoms with van der Waals surface area (Å²) in [6, 6.07) is 4.76. The van der Waals surface area contributed by atoms with E-state index in [0.29, 0.717) is 24.2 Å². The summed E-state index contributed by atoms with van der Waals surface area (Å²) in [5.41, 5.74) is 0.620. The molecule has 0 fully saturated rings. The molecule has 0 heterocycles. The maximum Gasteiger partial charge on any atom is 0.130 e. The number of hydrogen-bond acceptors (Lipinski definition) is 2. The predicted octanol–water partition coefficient (Wildman–Crippen LogP) is 1.76. The van der Waals surface area contributed by atoms with Crippen molar-refractivity contribution in [1.29, 1.82) is 0 Å². The molecule has 0 atom stereocenters. The van der Waals surface area contributed by atoms with Gasteiger partial charge in [0.25, 0.3) is 0 Å². The van der Waals surface area contributed by atoms with E-state index < -0.39 is 0 Å². The monoisotopic (exact) mass is 184 g/mol. The van der Waals surface area contributed by atoms with Crippen LogP contribution in [0.2, 0.25) is 0 Å². The molecule has 0 saturated carbocycles. The van der Waals surface area contributed by atoms with Gasteiger partial charge in [-0.05, 0) is 24.5 Å². The second-order valence-electron chi connectivity index (χ2n) is 2.78. The van der Waals surface area contributed by atoms with Crippen LogP contribution in [0.25, 0.3) is 0 Å². The fourth-order valence-corrected chi connectivity index (χ4v) is 1.13. The Bertz CT molecular complexity index is 274. The Balaban J connectivity index is 2.73. The van der Waals surface area contributed by atoms with Gasteiger partial charge in [0.05, 0.1) is 7.11 Å². The highest BCUT2D eigenvalue weighted by atomic mass is 19.1. The van der Waals surface area contributed by atoms with Crippen molar-refractivity contribution in [2.24, 2.45) is 0 Å². The van der Waals surface area contributed by atoms with Crippen LogP contribution in [0.4, 0.5) is 4.39 Å². The largest absolute Gasteiger partial charge is 0.497 e. The zero-order valence-electron chi connectivity index (χ0n) is 7.59. The highest BCUT2D eigenvalue weighted by Crippen LogP contribution is 2.17. The molecule has 0 aliphatic heterocycles. The molecule has 72 valence electrons. The minimum atomic E-state index is -0.271. The number of benzene rings is 1. The van der Waals surface area contributed by atoms with Gasteiger partial charge in [0.15, 0.2) is 0 Å². The van der Waals surface area contributed by atoms with Crippen molar-refractivity contribution in [2.75, 3.05) is 13.7 Å². The van der Waals surface area contributed by atoms with Crippen LogP contribution in [-0.4, -0.2) is 18.8 Å². The average molecular weight is 184 g/mol. The van der Waals surface area contributed by atoms with Crippen LogP contribution in [0.5, 0.6) is 5.75 Å². The van der Waals surface area contributed by atoms with Gasteiger partial charge < -0.3 is 9.84 Å². The Hall–Kier alpha value is -1.09. The van der Waals surface area contributed by atoms with Crippen molar-refractivity contribution in [3.63, 3.8) is 0 Å². The first-order valence-electron chi connectivity index (χ1n) is 4.21. The number of methoxy groups -OCH3 is 1. The van der Waals surface area contributed by atoms with Gasteiger partial charge in [0.2, 0.25) is 0 Å². The first-order chi connectivity index (χ1) is 6.27. The number of aliphatic hydroxyl groups is 1. The topological polar surface area (TPSA) is 29.5 Å². The molecule has 0 spiro atoms. The van der Waals surface area contributed by atoms with Gasteiger partial charge >= 0.3 is 0 Å². The van der Waals surface area contributed by atoms with E-state index in [-0.39, 0.29) is 12.4 Å². The van der Waals surface area contributed by atoms with Gasteiger partial charge in [-0.15, -0.1) is 0 Å². The quantitative estimate of drug-likeness (QED) is 0.772. The first-order valence-corrected chi connectivity index (χ1v) is 4.21. The van der Waals surface area contributed by atoms with Crippen LogP contribution in [0.3, 0.4) is 0 Å². The number of halogens is 1. The lowest BCUT2D eigenvalue weighted by Crippen LogP contribution is -1.94. The molecule has 13 heavy (non-hydrogen) atoms. The third-order valence-electron chi connectivity index (χ3n) is 1.86. The van der Waals surface area contributed by atoms with Crippen LogP contribution >= 0.6 is 0 Å². The highest BCUT2D eigenvalue weighted by molar-refractivity contribution is 5.28. The zero-order chi connectivity index (χ0) is 9.68. The summed E-state index contributed by atoms with van der Waals surface area (Å²) < 4.78 is 18.1. The van der Waals surface area contributed by atoms with E-state index in [1.807, 2.05) is 0 Å². The van der Waals surface area contributed by atoms with Gasteiger partial charge in [-0.3, -0.25) is 0 Å². The van der Waals surface area contributed by atoms with E-state index in [1.54, 1.807) is 12.1 Å². The number of aryl methyl sites for hydroxylation is 1. The molecule has 0 amide bonds. The Morgan fingerprint density at radius 3 is 2.77 bits per heavy atom. The van der Waals surface area contributed by atoms with Crippen molar-refractivity contribution in [3.05, 3.63) is 29.6 Å². The van der Waals surface area contributed by atoms with Gasteiger partial charge in [-0.1, -0.05) is 6.07 Å². The second-order valence-corrected chi connectivity index (χ2v) is 2.78. The predicted molar refractivity (Wildman–Crippen MR) is 48.4 cm³/mol. The number of rotatable bonds is 4. The minimum absolute atomic E-state index is 0.0888. The second kappa shape index (κ2) is 4.82. The SMILES string of the molecule is COc1ccc(CCCO)c(F)c1. The van der Waals surface area contributed by atoms with Crippen LogP contribution in [0.15, 0.2) is 18.2 Å². The summed E-state index contributed by atoms with van der Waals surface area (Å²) in [7, 11) is 1.50. The molecule has 0 saturated heterocycles. The van der Waals surface area contributed by atoms with E-state index in [1.165, 1.54) is 13.2 Å². The molecule has 0 aliphatic rings. The van der Waals surface area contributed by atoms with Gasteiger partial charge in [0, 0.05) is 12.7 Å². The van der Waals surface area contributed by atoms with Crippen LogP contribution < -0.4 is 4.74 Å². The summed E-state index contributed by atoms with van der Waals surface area (Å²) in [6.07, 6.45) is 1.15. The average Bonchev–Trinajstić information content (AvgIpc) is 2.16. The van der Waals surface area contributed by atoms with E-state index in [9.17, 15) is 4.39 Å². The van der Waals surface area contributed by atoms with Crippen LogP contribution in [0, 0.1) is 5.82 Å². The molecule has 3 heteroatoms. The third-order valence-corrected chi connectivity index (χ3v) is 1.86. The van der Waals surface area contributed by atoms with Gasteiger partial charge in [-0.2, -0.15) is 0 Å². The van der Waals surface area contributed by atoms with E-state index in [4.69, 9.17) is 9.84 Å². The molecule has 0 aromatic heterocycles. The molecule has 1 aromatic rings. The van der Waals surface area contributed by atoms with E-state index in [0.717, 1.165) is 0 Å². The van der Waals surface area contributed by atoms with Crippen LogP contribution in [0.1, 0.15) is 12.0 Å². The Morgan fingerprint density at radius 1 is 1.46 bits per heavy atom. The highest BCUT2D eigenvalue weighted by Gasteiger charge is 2.02. The molecule has 0 aliphatic carbocycles. The fourth-order valence-electron chi connectivity index (χ4n) is 1.13. The van der Waals surface area contributed by atoms with Gasteiger partial charge in [0.1, 0.15) is 11.6 Å². The molecule has 1 aromatic carbocycles. The molecular formula is C10H13FO2. The van der Waals surface area contributed by atoms with Crippen molar-refractivity contribution in [1.82, 2.24) is 0 Å². The molecule has 2 nitrogen and oxygen atoms in total. The molecule has 0 radical (unpaired) electrons. The maximum atomic E-state index is 13.2. The fraction of sp³-hybridized carbons (Fsp3) is 0.400. The van der Waals surface area contributed by atoms with E-state index in [2.05, 4.69) is 0 Å². The summed E-state index contributed by atoms with van der Waals surface area (Å²) >= 11 is 0. The van der Waals surface area contributed by atoms with Crippen molar-refractivity contribution >= 4 is 0 Å². The lowest BCUT2D eigenvalue weighted by atomic mass is 10.1. The smallest absolute Gasteiger partial charge is 0.130 e. The zero-order valence-corrected chi connectivity index (χ0v) is 7.59. The normalized spacial score (nSPS) is 10.1. The Morgan fingerprint density at radius 2 is 2.23 bits per heavy atom. The number of hydrogen-bond donors (Lipinski definition) is 1. The standard InChI is InChI=1S/C10H13FO2/c1-13-9-5-4-8(3-2-6-12)10(11)7-9/h4-5,7,12H,2-3,6H2,1H3. The summed E-state index contributed by atoms with van der Waals surface area (Å²) in [4.78, 5) is 0. The molecule has 1 N–H and O–H groups in total. The number of aliphatic hydroxyl groups excluding tert-OH is 1. The lowest BCUT2D eigenvalue weighted by molar-refractivity contribution is 0.288. The van der Waals surface area contributed by atoms with Crippen molar-refractivity contribution in [2.45, 2.75) is 12.8 Å². The summed E-state index contributed by atoms with van der Waals surface area (Å²) in [5, 5.41) is 8.57. The molecular weight excluding hydrogens is 171 g/mol. The maximum absolute atomic E-state index is 13.2. The van der Waals surface area contributed by atoms with Crippen molar-refractivity contribution < 1.29 is 14.2 Å². The number of ether oxygens (including phenoxy) is 1. The Kier molecular flexibility index (Phi) is 3.71. The lowest BCUT2D eigenvalue weighted by Gasteiger charge is -2.04. The molecule has 0 unspecified atom stereocenters. The third kappa shape index (κ3) is 2.70. The minimum Gasteiger partial charge on any atom is -0.497 e. The van der Waals surface area contributed by atoms with Crippen molar-refractivity contribution in [3.8, 4) is 5.75 Å². The van der Waals surface area contributed by atoms with Gasteiger partial charge in [-0.25, -0.2) is 4.39 Å². The summed E-state index contributed by atoms with van der Waals surface area (Å²) in [5.74, 6) is 0.248. The molecule has 0 bridgehead atoms. The first kappa shape index (κ1) is 9.99. The van der Waals surface area contributed by atoms with Crippen LogP contribution in [-0.2, 0) is 6.42 Å². The van der Waals surface area contributed by atoms with E-state index >= 15 is 0 Å². The Labute approximate surface area is 77.0 Å². The summed E-state index contributed by atoms with van der Waals surface area (Å²) in [6.45, 7) is 0.0888.